The largest absolute Gasteiger partial charge is 0.309 e. The van der Waals surface area contributed by atoms with Crippen LogP contribution in [-0.4, -0.2) is 0 Å². The summed E-state index contributed by atoms with van der Waals surface area (Å²) in [5.41, 5.74) is 18.2. The van der Waals surface area contributed by atoms with Crippen LogP contribution in [0.4, 0.5) is 17.1 Å². The molecule has 2 heteroatoms. The smallest absolute Gasteiger partial charge is 0.0540 e. The standard InChI is InChI=1S/C55H42BrN/c1-38-16-9-12-24-48(38)51-32-30-47(36-45(51)35-44-22-11-13-25-50(44)49-31-29-46(56)34-39(49)2)57(54-27-15-23-41-21-10-14-26-52(41)54)55-33-28-43(40-17-5-3-6-18-40)37-53(55)42-19-7-4-8-20-42/h3-34,36-37H,35H2,1-2H3. The monoisotopic (exact) mass is 795 g/mol. The van der Waals surface area contributed by atoms with Crippen molar-refractivity contribution in [1.82, 2.24) is 0 Å². The second-order valence-corrected chi connectivity index (χ2v) is 15.7. The van der Waals surface area contributed by atoms with E-state index in [1.54, 1.807) is 0 Å². The van der Waals surface area contributed by atoms with Crippen LogP contribution in [0.15, 0.2) is 211 Å². The van der Waals surface area contributed by atoms with Gasteiger partial charge in [-0.25, -0.2) is 0 Å². The van der Waals surface area contributed by atoms with Crippen LogP contribution in [0.3, 0.4) is 0 Å². The fraction of sp³-hybridized carbons (Fsp3) is 0.0545. The molecule has 0 aromatic heterocycles. The lowest BCUT2D eigenvalue weighted by Crippen LogP contribution is -2.13. The molecule has 57 heavy (non-hydrogen) atoms. The van der Waals surface area contributed by atoms with Crippen LogP contribution in [0.2, 0.25) is 0 Å². The Balaban J connectivity index is 1.30. The highest BCUT2D eigenvalue weighted by molar-refractivity contribution is 9.10. The summed E-state index contributed by atoms with van der Waals surface area (Å²) in [4.78, 5) is 2.48. The summed E-state index contributed by atoms with van der Waals surface area (Å²) >= 11 is 3.69. The zero-order valence-corrected chi connectivity index (χ0v) is 33.7. The summed E-state index contributed by atoms with van der Waals surface area (Å²) in [5.74, 6) is 0. The Bertz CT molecular complexity index is 2850. The molecule has 0 amide bonds. The van der Waals surface area contributed by atoms with Crippen LogP contribution in [0.5, 0.6) is 0 Å². The third-order valence-electron chi connectivity index (χ3n) is 11.1. The average molecular weight is 797 g/mol. The summed E-state index contributed by atoms with van der Waals surface area (Å²) in [6, 6.07) is 75.2. The normalized spacial score (nSPS) is 11.1. The molecule has 1 nitrogen and oxygen atoms in total. The van der Waals surface area contributed by atoms with Gasteiger partial charge >= 0.3 is 0 Å². The van der Waals surface area contributed by atoms with Crippen molar-refractivity contribution in [2.75, 3.05) is 4.90 Å². The summed E-state index contributed by atoms with van der Waals surface area (Å²) in [5, 5.41) is 2.41. The highest BCUT2D eigenvalue weighted by Gasteiger charge is 2.22. The van der Waals surface area contributed by atoms with Crippen LogP contribution < -0.4 is 4.90 Å². The van der Waals surface area contributed by atoms with E-state index in [0.717, 1.165) is 28.0 Å². The van der Waals surface area contributed by atoms with E-state index in [9.17, 15) is 0 Å². The molecular formula is C55H42BrN. The third-order valence-corrected chi connectivity index (χ3v) is 11.6. The van der Waals surface area contributed by atoms with Crippen molar-refractivity contribution in [1.29, 1.82) is 0 Å². The molecule has 0 radical (unpaired) electrons. The van der Waals surface area contributed by atoms with Crippen molar-refractivity contribution in [3.63, 3.8) is 0 Å². The molecule has 0 aliphatic carbocycles. The number of benzene rings is 9. The summed E-state index contributed by atoms with van der Waals surface area (Å²) in [6.45, 7) is 4.42. The van der Waals surface area contributed by atoms with Gasteiger partial charge in [-0.05, 0) is 129 Å². The van der Waals surface area contributed by atoms with Gasteiger partial charge in [0.25, 0.3) is 0 Å². The highest BCUT2D eigenvalue weighted by atomic mass is 79.9. The summed E-state index contributed by atoms with van der Waals surface area (Å²) in [7, 11) is 0. The minimum Gasteiger partial charge on any atom is -0.309 e. The number of halogens is 1. The summed E-state index contributed by atoms with van der Waals surface area (Å²) in [6.07, 6.45) is 0.769. The van der Waals surface area contributed by atoms with Crippen LogP contribution in [0.1, 0.15) is 22.3 Å². The Hall–Kier alpha value is -6.48. The number of hydrogen-bond acceptors (Lipinski definition) is 1. The van der Waals surface area contributed by atoms with Gasteiger partial charge < -0.3 is 4.90 Å². The van der Waals surface area contributed by atoms with Gasteiger partial charge in [-0.2, -0.15) is 0 Å². The predicted octanol–water partition coefficient (Wildman–Crippen LogP) is 15.9. The van der Waals surface area contributed by atoms with E-state index in [-0.39, 0.29) is 0 Å². The van der Waals surface area contributed by atoms with E-state index in [4.69, 9.17) is 0 Å². The first kappa shape index (κ1) is 36.2. The third kappa shape index (κ3) is 7.33. The molecule has 0 saturated carbocycles. The van der Waals surface area contributed by atoms with Crippen LogP contribution in [0, 0.1) is 13.8 Å². The van der Waals surface area contributed by atoms with Gasteiger partial charge in [0.2, 0.25) is 0 Å². The minimum atomic E-state index is 0.769. The van der Waals surface area contributed by atoms with E-state index < -0.39 is 0 Å². The number of aryl methyl sites for hydroxylation is 2. The molecule has 0 heterocycles. The van der Waals surface area contributed by atoms with Gasteiger partial charge in [0.15, 0.2) is 0 Å². The van der Waals surface area contributed by atoms with Crippen LogP contribution >= 0.6 is 15.9 Å². The Morgan fingerprint density at radius 2 is 1.02 bits per heavy atom. The van der Waals surface area contributed by atoms with Crippen molar-refractivity contribution in [2.45, 2.75) is 20.3 Å². The minimum absolute atomic E-state index is 0.769. The molecule has 9 aromatic rings. The SMILES string of the molecule is Cc1cc(Br)ccc1-c1ccccc1Cc1cc(N(c2ccc(-c3ccccc3)cc2-c2ccccc2)c2cccc3ccccc23)ccc1-c1ccccc1C. The van der Waals surface area contributed by atoms with E-state index >= 15 is 0 Å². The van der Waals surface area contributed by atoms with Crippen molar-refractivity contribution < 1.29 is 0 Å². The second-order valence-electron chi connectivity index (χ2n) is 14.7. The maximum absolute atomic E-state index is 3.69. The molecule has 0 fully saturated rings. The Morgan fingerprint density at radius 3 is 1.81 bits per heavy atom. The molecule has 0 saturated heterocycles. The number of fused-ring (bicyclic) bond motifs is 1. The van der Waals surface area contributed by atoms with Crippen molar-refractivity contribution in [2.24, 2.45) is 0 Å². The van der Waals surface area contributed by atoms with Crippen molar-refractivity contribution in [3.8, 4) is 44.5 Å². The molecule has 0 spiro atoms. The number of rotatable bonds is 9. The van der Waals surface area contributed by atoms with E-state index in [1.807, 2.05) is 0 Å². The second kappa shape index (κ2) is 15.9. The molecule has 0 bridgehead atoms. The molecule has 0 aliphatic heterocycles. The Labute approximate surface area is 344 Å². The average Bonchev–Trinajstić information content (AvgIpc) is 3.25. The maximum atomic E-state index is 3.69. The first-order valence-corrected chi connectivity index (χ1v) is 20.4. The molecule has 0 unspecified atom stereocenters. The Kier molecular flexibility index (Phi) is 10.1. The molecule has 9 aromatic carbocycles. The molecule has 0 aliphatic rings. The van der Waals surface area contributed by atoms with E-state index in [1.165, 1.54) is 77.5 Å². The first-order valence-electron chi connectivity index (χ1n) is 19.6. The van der Waals surface area contributed by atoms with Gasteiger partial charge in [0.05, 0.1) is 11.4 Å². The van der Waals surface area contributed by atoms with Gasteiger partial charge in [-0.15, -0.1) is 0 Å². The lowest BCUT2D eigenvalue weighted by atomic mass is 9.88. The summed E-state index contributed by atoms with van der Waals surface area (Å²) < 4.78 is 1.09. The van der Waals surface area contributed by atoms with Gasteiger partial charge in [0, 0.05) is 21.1 Å². The Morgan fingerprint density at radius 1 is 0.386 bits per heavy atom. The molecule has 0 atom stereocenters. The first-order chi connectivity index (χ1) is 28.0. The topological polar surface area (TPSA) is 3.24 Å². The van der Waals surface area contributed by atoms with Gasteiger partial charge in [0.1, 0.15) is 0 Å². The predicted molar refractivity (Wildman–Crippen MR) is 247 cm³/mol. The maximum Gasteiger partial charge on any atom is 0.0540 e. The molecule has 274 valence electrons. The molecule has 0 N–H and O–H groups in total. The number of anilines is 3. The number of nitrogens with zero attached hydrogens (tertiary/aromatic N) is 1. The van der Waals surface area contributed by atoms with E-state index in [2.05, 4.69) is 241 Å². The van der Waals surface area contributed by atoms with Gasteiger partial charge in [-0.3, -0.25) is 0 Å². The fourth-order valence-corrected chi connectivity index (χ4v) is 8.75. The zero-order chi connectivity index (χ0) is 38.7. The lowest BCUT2D eigenvalue weighted by Gasteiger charge is -2.30. The van der Waals surface area contributed by atoms with Crippen LogP contribution in [0.25, 0.3) is 55.3 Å². The van der Waals surface area contributed by atoms with Crippen molar-refractivity contribution in [3.05, 3.63) is 233 Å². The highest BCUT2D eigenvalue weighted by Crippen LogP contribution is 2.46. The van der Waals surface area contributed by atoms with Gasteiger partial charge in [-0.1, -0.05) is 180 Å². The molecular weight excluding hydrogens is 755 g/mol. The van der Waals surface area contributed by atoms with Crippen molar-refractivity contribution >= 4 is 43.8 Å². The number of hydrogen-bond donors (Lipinski definition) is 0. The van der Waals surface area contributed by atoms with E-state index in [0.29, 0.717) is 0 Å². The zero-order valence-electron chi connectivity index (χ0n) is 32.2. The van der Waals surface area contributed by atoms with Crippen LogP contribution in [-0.2, 0) is 6.42 Å². The fourth-order valence-electron chi connectivity index (χ4n) is 8.28. The molecule has 9 rings (SSSR count). The quantitative estimate of drug-likeness (QED) is 0.141. The lowest BCUT2D eigenvalue weighted by molar-refractivity contribution is 1.18.